The minimum atomic E-state index is 0.545. The van der Waals surface area contributed by atoms with Crippen LogP contribution in [0.5, 0.6) is 0 Å². The Balaban J connectivity index is 1.69. The zero-order valence-electron chi connectivity index (χ0n) is 10.2. The maximum absolute atomic E-state index is 5.89. The van der Waals surface area contributed by atoms with Gasteiger partial charge in [0.05, 0.1) is 0 Å². The number of rotatable bonds is 4. The van der Waals surface area contributed by atoms with Crippen LogP contribution in [-0.4, -0.2) is 31.1 Å². The summed E-state index contributed by atoms with van der Waals surface area (Å²) in [6, 6.07) is 0. The van der Waals surface area contributed by atoms with Gasteiger partial charge in [-0.1, -0.05) is 13.3 Å². The van der Waals surface area contributed by atoms with E-state index in [0.717, 1.165) is 12.5 Å². The third kappa shape index (κ3) is 2.73. The normalized spacial score (nSPS) is 27.6. The molecule has 2 rings (SSSR count). The summed E-state index contributed by atoms with van der Waals surface area (Å²) in [4.78, 5) is 2.65. The Labute approximate surface area is 94.2 Å². The van der Waals surface area contributed by atoms with Crippen molar-refractivity contribution >= 4 is 0 Å². The minimum Gasteiger partial charge on any atom is -0.330 e. The first-order chi connectivity index (χ1) is 7.24. The monoisotopic (exact) mass is 210 g/mol. The van der Waals surface area contributed by atoms with Crippen LogP contribution >= 0.6 is 0 Å². The van der Waals surface area contributed by atoms with Crippen molar-refractivity contribution in [1.29, 1.82) is 0 Å². The highest BCUT2D eigenvalue weighted by molar-refractivity contribution is 4.89. The van der Waals surface area contributed by atoms with Crippen molar-refractivity contribution in [3.05, 3.63) is 0 Å². The van der Waals surface area contributed by atoms with Crippen LogP contribution in [-0.2, 0) is 0 Å². The Morgan fingerprint density at radius 3 is 2.40 bits per heavy atom. The fraction of sp³-hybridized carbons (Fsp3) is 1.00. The van der Waals surface area contributed by atoms with E-state index in [1.54, 1.807) is 0 Å². The van der Waals surface area contributed by atoms with E-state index in [2.05, 4.69) is 11.8 Å². The van der Waals surface area contributed by atoms with Gasteiger partial charge < -0.3 is 10.6 Å². The molecule has 0 atom stereocenters. The summed E-state index contributed by atoms with van der Waals surface area (Å²) >= 11 is 0. The van der Waals surface area contributed by atoms with Crippen LogP contribution in [0.3, 0.4) is 0 Å². The molecule has 0 spiro atoms. The SMILES string of the molecule is CC1CCN(CCC2(CN)CCC2)CC1. The molecule has 2 N–H and O–H groups in total. The third-order valence-corrected chi connectivity index (χ3v) is 4.68. The summed E-state index contributed by atoms with van der Waals surface area (Å²) in [7, 11) is 0. The molecule has 1 aliphatic carbocycles. The van der Waals surface area contributed by atoms with E-state index in [1.807, 2.05) is 0 Å². The van der Waals surface area contributed by atoms with E-state index in [9.17, 15) is 0 Å². The lowest BCUT2D eigenvalue weighted by molar-refractivity contribution is 0.0941. The number of likely N-dealkylation sites (tertiary alicyclic amines) is 1. The summed E-state index contributed by atoms with van der Waals surface area (Å²) in [5.41, 5.74) is 6.43. The zero-order valence-corrected chi connectivity index (χ0v) is 10.2. The van der Waals surface area contributed by atoms with Crippen molar-refractivity contribution in [1.82, 2.24) is 4.90 Å². The van der Waals surface area contributed by atoms with E-state index < -0.39 is 0 Å². The largest absolute Gasteiger partial charge is 0.330 e. The fourth-order valence-electron chi connectivity index (χ4n) is 2.91. The fourth-order valence-corrected chi connectivity index (χ4v) is 2.91. The van der Waals surface area contributed by atoms with Gasteiger partial charge in [-0.2, -0.15) is 0 Å². The Morgan fingerprint density at radius 2 is 1.93 bits per heavy atom. The van der Waals surface area contributed by atoms with Crippen LogP contribution < -0.4 is 5.73 Å². The van der Waals surface area contributed by atoms with Crippen LogP contribution in [0, 0.1) is 11.3 Å². The number of hydrogen-bond donors (Lipinski definition) is 1. The van der Waals surface area contributed by atoms with Crippen LogP contribution in [0.2, 0.25) is 0 Å². The van der Waals surface area contributed by atoms with Gasteiger partial charge in [0.25, 0.3) is 0 Å². The minimum absolute atomic E-state index is 0.545. The van der Waals surface area contributed by atoms with Crippen molar-refractivity contribution in [2.75, 3.05) is 26.2 Å². The second kappa shape index (κ2) is 4.84. The predicted molar refractivity (Wildman–Crippen MR) is 64.8 cm³/mol. The smallest absolute Gasteiger partial charge is 0.00130 e. The predicted octanol–water partition coefficient (Wildman–Crippen LogP) is 2.24. The van der Waals surface area contributed by atoms with Crippen LogP contribution in [0.25, 0.3) is 0 Å². The Hall–Kier alpha value is -0.0800. The lowest BCUT2D eigenvalue weighted by atomic mass is 9.66. The van der Waals surface area contributed by atoms with Gasteiger partial charge in [-0.05, 0) is 69.6 Å². The van der Waals surface area contributed by atoms with E-state index in [0.29, 0.717) is 5.41 Å². The molecule has 2 fully saturated rings. The Bertz CT molecular complexity index is 185. The molecule has 0 aromatic heterocycles. The first kappa shape index (κ1) is 11.4. The van der Waals surface area contributed by atoms with Crippen molar-refractivity contribution in [3.63, 3.8) is 0 Å². The summed E-state index contributed by atoms with van der Waals surface area (Å²) in [5.74, 6) is 0.952. The molecule has 0 aromatic carbocycles. The van der Waals surface area contributed by atoms with E-state index in [-0.39, 0.29) is 0 Å². The first-order valence-corrected chi connectivity index (χ1v) is 6.66. The molecule has 1 saturated heterocycles. The molecule has 0 amide bonds. The van der Waals surface area contributed by atoms with Crippen LogP contribution in [0.15, 0.2) is 0 Å². The molecule has 2 heteroatoms. The molecule has 1 saturated carbocycles. The summed E-state index contributed by atoms with van der Waals surface area (Å²) < 4.78 is 0. The zero-order chi connectivity index (χ0) is 10.7. The lowest BCUT2D eigenvalue weighted by Gasteiger charge is -2.43. The van der Waals surface area contributed by atoms with Gasteiger partial charge in [-0.3, -0.25) is 0 Å². The molecule has 0 bridgehead atoms. The Morgan fingerprint density at radius 1 is 1.27 bits per heavy atom. The highest BCUT2D eigenvalue weighted by Crippen LogP contribution is 2.43. The van der Waals surface area contributed by atoms with Crippen molar-refractivity contribution < 1.29 is 0 Å². The van der Waals surface area contributed by atoms with E-state index in [4.69, 9.17) is 5.73 Å². The molecular weight excluding hydrogens is 184 g/mol. The third-order valence-electron chi connectivity index (χ3n) is 4.68. The Kier molecular flexibility index (Phi) is 3.68. The summed E-state index contributed by atoms with van der Waals surface area (Å²) in [6.07, 6.45) is 8.32. The molecule has 0 radical (unpaired) electrons. The second-order valence-corrected chi connectivity index (χ2v) is 5.83. The maximum atomic E-state index is 5.89. The van der Waals surface area contributed by atoms with E-state index >= 15 is 0 Å². The molecule has 0 unspecified atom stereocenters. The number of piperidine rings is 1. The molecule has 1 heterocycles. The first-order valence-electron chi connectivity index (χ1n) is 6.66. The van der Waals surface area contributed by atoms with Gasteiger partial charge in [-0.25, -0.2) is 0 Å². The maximum Gasteiger partial charge on any atom is -0.00130 e. The average molecular weight is 210 g/mol. The number of hydrogen-bond acceptors (Lipinski definition) is 2. The molecule has 0 aromatic rings. The highest BCUT2D eigenvalue weighted by atomic mass is 15.1. The van der Waals surface area contributed by atoms with Crippen LogP contribution in [0.4, 0.5) is 0 Å². The van der Waals surface area contributed by atoms with Crippen molar-refractivity contribution in [3.8, 4) is 0 Å². The lowest BCUT2D eigenvalue weighted by Crippen LogP contribution is -2.42. The molecule has 15 heavy (non-hydrogen) atoms. The number of nitrogens with zero attached hydrogens (tertiary/aromatic N) is 1. The second-order valence-electron chi connectivity index (χ2n) is 5.83. The highest BCUT2D eigenvalue weighted by Gasteiger charge is 2.35. The van der Waals surface area contributed by atoms with Gasteiger partial charge in [0.2, 0.25) is 0 Å². The van der Waals surface area contributed by atoms with Gasteiger partial charge >= 0.3 is 0 Å². The van der Waals surface area contributed by atoms with Gasteiger partial charge in [0.1, 0.15) is 0 Å². The van der Waals surface area contributed by atoms with Gasteiger partial charge in [-0.15, -0.1) is 0 Å². The van der Waals surface area contributed by atoms with Crippen molar-refractivity contribution in [2.24, 2.45) is 17.1 Å². The quantitative estimate of drug-likeness (QED) is 0.771. The topological polar surface area (TPSA) is 29.3 Å². The molecule has 2 nitrogen and oxygen atoms in total. The van der Waals surface area contributed by atoms with Crippen molar-refractivity contribution in [2.45, 2.75) is 45.4 Å². The molecule has 1 aliphatic heterocycles. The summed E-state index contributed by atoms with van der Waals surface area (Å²) in [5, 5.41) is 0. The number of nitrogens with two attached hydrogens (primary N) is 1. The molecule has 2 aliphatic rings. The standard InChI is InChI=1S/C13H26N2/c1-12-3-8-15(9-4-12)10-7-13(11-14)5-2-6-13/h12H,2-11,14H2,1H3. The molecule has 88 valence electrons. The van der Waals surface area contributed by atoms with Gasteiger partial charge in [0.15, 0.2) is 0 Å². The van der Waals surface area contributed by atoms with Gasteiger partial charge in [0, 0.05) is 0 Å². The van der Waals surface area contributed by atoms with Crippen LogP contribution in [0.1, 0.15) is 45.4 Å². The molecular formula is C13H26N2. The van der Waals surface area contributed by atoms with E-state index in [1.165, 1.54) is 58.2 Å². The average Bonchev–Trinajstić information content (AvgIpc) is 2.20. The summed E-state index contributed by atoms with van der Waals surface area (Å²) in [6.45, 7) is 7.23.